The van der Waals surface area contributed by atoms with Gasteiger partial charge in [0, 0.05) is 16.3 Å². The van der Waals surface area contributed by atoms with Crippen LogP contribution in [-0.4, -0.2) is 19.3 Å². The van der Waals surface area contributed by atoms with Gasteiger partial charge in [-0.2, -0.15) is 0 Å². The van der Waals surface area contributed by atoms with Crippen LogP contribution in [0.15, 0.2) is 77.7 Å². The Morgan fingerprint density at radius 3 is 2.28 bits per heavy atom. The number of hydrogen-bond acceptors (Lipinski definition) is 5. The zero-order valence-corrected chi connectivity index (χ0v) is 18.6. The highest BCUT2D eigenvalue weighted by atomic mass is 35.5. The second-order valence-corrected chi connectivity index (χ2v) is 9.73. The zero-order valence-electron chi connectivity index (χ0n) is 16.2. The number of thiazole rings is 1. The second kappa shape index (κ2) is 8.79. The Kier molecular flexibility index (Phi) is 6.07. The number of carbonyl (C=O) groups excluding carboxylic acids is 1. The van der Waals surface area contributed by atoms with Crippen LogP contribution in [0.25, 0.3) is 21.7 Å². The van der Waals surface area contributed by atoms with Gasteiger partial charge in [0.05, 0.1) is 15.5 Å². The number of benzene rings is 3. The van der Waals surface area contributed by atoms with Crippen molar-refractivity contribution in [1.82, 2.24) is 4.98 Å². The number of rotatable bonds is 5. The quantitative estimate of drug-likeness (QED) is 0.405. The number of sulfonamides is 1. The zero-order chi connectivity index (χ0) is 22.9. The minimum atomic E-state index is -3.85. The van der Waals surface area contributed by atoms with Gasteiger partial charge in [-0.05, 0) is 48.0 Å². The van der Waals surface area contributed by atoms with Crippen molar-refractivity contribution < 1.29 is 17.6 Å². The summed E-state index contributed by atoms with van der Waals surface area (Å²) in [4.78, 5) is 17.9. The normalized spacial score (nSPS) is 11.3. The van der Waals surface area contributed by atoms with Crippen molar-refractivity contribution in [2.24, 2.45) is 5.14 Å². The van der Waals surface area contributed by atoms with Crippen molar-refractivity contribution >= 4 is 44.6 Å². The molecule has 0 atom stereocenters. The van der Waals surface area contributed by atoms with Gasteiger partial charge in [0.25, 0.3) is 5.91 Å². The summed E-state index contributed by atoms with van der Waals surface area (Å²) < 4.78 is 36.6. The summed E-state index contributed by atoms with van der Waals surface area (Å²) >= 11 is 7.11. The fraction of sp³-hybridized carbons (Fsp3) is 0. The number of primary sulfonamides is 1. The predicted molar refractivity (Wildman–Crippen MR) is 124 cm³/mol. The number of nitrogens with zero attached hydrogens (tertiary/aromatic N) is 1. The van der Waals surface area contributed by atoms with Gasteiger partial charge in [-0.3, -0.25) is 4.79 Å². The Labute approximate surface area is 192 Å². The van der Waals surface area contributed by atoms with Crippen molar-refractivity contribution in [3.05, 3.63) is 88.6 Å². The van der Waals surface area contributed by atoms with E-state index in [0.717, 1.165) is 11.3 Å². The summed E-state index contributed by atoms with van der Waals surface area (Å²) in [5, 5.41) is 8.57. The number of amides is 1. The first-order valence-electron chi connectivity index (χ1n) is 9.17. The Bertz CT molecular complexity index is 1400. The Hall–Kier alpha value is -3.11. The summed E-state index contributed by atoms with van der Waals surface area (Å²) in [6, 6.07) is 18.4. The van der Waals surface area contributed by atoms with Gasteiger partial charge in [-0.1, -0.05) is 41.9 Å². The van der Waals surface area contributed by atoms with E-state index < -0.39 is 21.7 Å². The first kappa shape index (κ1) is 22.1. The molecule has 10 heteroatoms. The molecule has 6 nitrogen and oxygen atoms in total. The summed E-state index contributed by atoms with van der Waals surface area (Å²) in [6.45, 7) is 0. The minimum absolute atomic E-state index is 0.0428. The Balaban J connectivity index is 1.76. The van der Waals surface area contributed by atoms with E-state index in [1.807, 2.05) is 0 Å². The third-order valence-electron chi connectivity index (χ3n) is 4.47. The van der Waals surface area contributed by atoms with Crippen LogP contribution in [0.3, 0.4) is 0 Å². The van der Waals surface area contributed by atoms with E-state index in [1.165, 1.54) is 24.3 Å². The number of halogens is 2. The largest absolute Gasteiger partial charge is 0.320 e. The first-order valence-corrected chi connectivity index (χ1v) is 11.9. The molecule has 3 aromatic carbocycles. The van der Waals surface area contributed by atoms with Crippen molar-refractivity contribution in [3.8, 4) is 21.7 Å². The number of anilines is 1. The summed E-state index contributed by atoms with van der Waals surface area (Å²) in [5.41, 5.74) is 2.21. The lowest BCUT2D eigenvalue weighted by Gasteiger charge is -2.04. The molecule has 3 N–H and O–H groups in total. The van der Waals surface area contributed by atoms with Crippen LogP contribution in [0.5, 0.6) is 0 Å². The maximum absolute atomic E-state index is 13.4. The van der Waals surface area contributed by atoms with Gasteiger partial charge < -0.3 is 5.32 Å². The number of aromatic nitrogens is 1. The van der Waals surface area contributed by atoms with Crippen molar-refractivity contribution in [1.29, 1.82) is 0 Å². The molecule has 4 rings (SSSR count). The summed E-state index contributed by atoms with van der Waals surface area (Å²) in [6.07, 6.45) is 0. The van der Waals surface area contributed by atoms with Crippen LogP contribution in [0, 0.1) is 5.82 Å². The van der Waals surface area contributed by atoms with E-state index in [0.29, 0.717) is 32.4 Å². The van der Waals surface area contributed by atoms with Crippen LogP contribution in [0.1, 0.15) is 9.80 Å². The smallest absolute Gasteiger partial charge is 0.284 e. The topological polar surface area (TPSA) is 102 Å². The molecule has 0 saturated heterocycles. The molecule has 0 radical (unpaired) electrons. The summed E-state index contributed by atoms with van der Waals surface area (Å²) in [5.74, 6) is -0.829. The van der Waals surface area contributed by atoms with Crippen molar-refractivity contribution in [3.63, 3.8) is 0 Å². The SMILES string of the molecule is NS(=O)(=O)c1ccc(-c2nc(C(=O)Nc3cccc(Cl)c3)sc2-c2ccc(F)cc2)cc1. The fourth-order valence-corrected chi connectivity index (χ4v) is 4.66. The summed E-state index contributed by atoms with van der Waals surface area (Å²) in [7, 11) is -3.85. The molecule has 162 valence electrons. The molecule has 32 heavy (non-hydrogen) atoms. The monoisotopic (exact) mass is 487 g/mol. The molecule has 0 fully saturated rings. The Morgan fingerprint density at radius 2 is 1.66 bits per heavy atom. The minimum Gasteiger partial charge on any atom is -0.320 e. The first-order chi connectivity index (χ1) is 15.2. The highest BCUT2D eigenvalue weighted by Crippen LogP contribution is 2.37. The number of nitrogens with one attached hydrogen (secondary N) is 1. The highest BCUT2D eigenvalue weighted by molar-refractivity contribution is 7.89. The van der Waals surface area contributed by atoms with E-state index in [1.54, 1.807) is 48.5 Å². The fourth-order valence-electron chi connectivity index (χ4n) is 2.96. The standard InChI is InChI=1S/C22H15ClFN3O3S2/c23-15-2-1-3-17(12-15)26-21(28)22-27-19(13-6-10-18(11-7-13)32(25,29)30)20(31-22)14-4-8-16(24)9-5-14/h1-12H,(H,26,28)(H2,25,29,30). The molecule has 1 aromatic heterocycles. The van der Waals surface area contributed by atoms with E-state index in [9.17, 15) is 17.6 Å². The molecule has 0 aliphatic heterocycles. The van der Waals surface area contributed by atoms with Crippen LogP contribution in [0.2, 0.25) is 5.02 Å². The van der Waals surface area contributed by atoms with Gasteiger partial charge in [0.2, 0.25) is 10.0 Å². The molecule has 0 aliphatic rings. The number of nitrogens with two attached hydrogens (primary N) is 1. The third kappa shape index (κ3) is 4.86. The molecule has 0 spiro atoms. The van der Waals surface area contributed by atoms with E-state index in [4.69, 9.17) is 16.7 Å². The molecule has 0 bridgehead atoms. The van der Waals surface area contributed by atoms with Crippen LogP contribution < -0.4 is 10.5 Å². The molecular formula is C22H15ClFN3O3S2. The molecule has 0 aliphatic carbocycles. The molecule has 1 amide bonds. The van der Waals surface area contributed by atoms with Crippen LogP contribution >= 0.6 is 22.9 Å². The second-order valence-electron chi connectivity index (χ2n) is 6.74. The van der Waals surface area contributed by atoms with E-state index in [-0.39, 0.29) is 9.90 Å². The average Bonchev–Trinajstić information content (AvgIpc) is 3.19. The van der Waals surface area contributed by atoms with Gasteiger partial charge in [0.15, 0.2) is 5.01 Å². The molecule has 1 heterocycles. The molecule has 4 aromatic rings. The van der Waals surface area contributed by atoms with Gasteiger partial charge in [0.1, 0.15) is 5.82 Å². The maximum Gasteiger partial charge on any atom is 0.284 e. The van der Waals surface area contributed by atoms with Gasteiger partial charge in [-0.15, -0.1) is 11.3 Å². The molecular weight excluding hydrogens is 473 g/mol. The lowest BCUT2D eigenvalue weighted by molar-refractivity contribution is 0.102. The predicted octanol–water partition coefficient (Wildman–Crippen LogP) is 5.17. The molecule has 0 saturated carbocycles. The van der Waals surface area contributed by atoms with E-state index >= 15 is 0 Å². The van der Waals surface area contributed by atoms with Crippen molar-refractivity contribution in [2.75, 3.05) is 5.32 Å². The van der Waals surface area contributed by atoms with Crippen molar-refractivity contribution in [2.45, 2.75) is 4.90 Å². The number of carbonyl (C=O) groups is 1. The van der Waals surface area contributed by atoms with Crippen LogP contribution in [0.4, 0.5) is 10.1 Å². The van der Waals surface area contributed by atoms with E-state index in [2.05, 4.69) is 10.3 Å². The molecule has 0 unspecified atom stereocenters. The third-order valence-corrected chi connectivity index (χ3v) is 6.73. The van der Waals surface area contributed by atoms with Gasteiger partial charge in [-0.25, -0.2) is 22.9 Å². The highest BCUT2D eigenvalue weighted by Gasteiger charge is 2.20. The number of hydrogen-bond donors (Lipinski definition) is 2. The van der Waals surface area contributed by atoms with Gasteiger partial charge >= 0.3 is 0 Å². The lowest BCUT2D eigenvalue weighted by Crippen LogP contribution is -2.12. The lowest BCUT2D eigenvalue weighted by atomic mass is 10.1. The maximum atomic E-state index is 13.4. The Morgan fingerprint density at radius 1 is 1.00 bits per heavy atom. The van der Waals surface area contributed by atoms with Crippen LogP contribution in [-0.2, 0) is 10.0 Å². The average molecular weight is 488 g/mol.